The van der Waals surface area contributed by atoms with Crippen LogP contribution < -0.4 is 5.32 Å². The van der Waals surface area contributed by atoms with Crippen LogP contribution >= 0.6 is 0 Å². The molecule has 30 heavy (non-hydrogen) atoms. The highest BCUT2D eigenvalue weighted by Crippen LogP contribution is 2.60. The van der Waals surface area contributed by atoms with Crippen LogP contribution in [0.15, 0.2) is 30.3 Å². The van der Waals surface area contributed by atoms with E-state index in [1.807, 2.05) is 44.2 Å². The second kappa shape index (κ2) is 6.93. The van der Waals surface area contributed by atoms with Gasteiger partial charge in [0.15, 0.2) is 5.78 Å². The lowest BCUT2D eigenvalue weighted by Gasteiger charge is -2.56. The van der Waals surface area contributed by atoms with E-state index in [2.05, 4.69) is 5.32 Å². The molecule has 160 valence electrons. The number of carbonyl (C=O) groups excluding carboxylic acids is 3. The first kappa shape index (κ1) is 19.8. The molecule has 1 aromatic carbocycles. The van der Waals surface area contributed by atoms with E-state index in [-0.39, 0.29) is 29.6 Å². The Morgan fingerprint density at radius 3 is 2.13 bits per heavy atom. The van der Waals surface area contributed by atoms with Crippen molar-refractivity contribution in [3.63, 3.8) is 0 Å². The molecule has 1 atom stereocenters. The van der Waals surface area contributed by atoms with Crippen LogP contribution in [-0.4, -0.2) is 29.2 Å². The first-order chi connectivity index (χ1) is 14.3. The van der Waals surface area contributed by atoms with Gasteiger partial charge in [-0.05, 0) is 74.2 Å². The monoisotopic (exact) mass is 408 g/mol. The third-order valence-corrected chi connectivity index (χ3v) is 8.09. The number of nitrogens with zero attached hydrogens (tertiary/aromatic N) is 1. The van der Waals surface area contributed by atoms with Gasteiger partial charge < -0.3 is 5.32 Å². The zero-order chi connectivity index (χ0) is 21.1. The number of nitrogens with one attached hydrogen (secondary N) is 1. The van der Waals surface area contributed by atoms with Gasteiger partial charge in [0.1, 0.15) is 5.54 Å². The van der Waals surface area contributed by atoms with Gasteiger partial charge in [-0.15, -0.1) is 0 Å². The molecule has 1 aliphatic heterocycles. The van der Waals surface area contributed by atoms with Gasteiger partial charge in [-0.2, -0.15) is 0 Å². The molecule has 1 aromatic rings. The van der Waals surface area contributed by atoms with Crippen molar-refractivity contribution >= 4 is 17.7 Å². The second-order valence-electron chi connectivity index (χ2n) is 10.8. The highest BCUT2D eigenvalue weighted by molar-refractivity contribution is 6.10. The molecule has 0 spiro atoms. The molecule has 1 N–H and O–H groups in total. The predicted octanol–water partition coefficient (Wildman–Crippen LogP) is 4.27. The Kier molecular flexibility index (Phi) is 4.57. The Morgan fingerprint density at radius 2 is 1.60 bits per heavy atom. The van der Waals surface area contributed by atoms with E-state index in [1.165, 1.54) is 24.2 Å². The summed E-state index contributed by atoms with van der Waals surface area (Å²) in [7, 11) is 0. The molecule has 5 fully saturated rings. The maximum atomic E-state index is 13.6. The molecule has 1 heterocycles. The van der Waals surface area contributed by atoms with E-state index in [0.29, 0.717) is 24.2 Å². The molecule has 5 heteroatoms. The third kappa shape index (κ3) is 3.00. The van der Waals surface area contributed by atoms with E-state index in [9.17, 15) is 14.4 Å². The Balaban J connectivity index is 1.41. The summed E-state index contributed by atoms with van der Waals surface area (Å²) in [5.41, 5.74) is -0.582. The molecule has 4 saturated carbocycles. The summed E-state index contributed by atoms with van der Waals surface area (Å²) in [5.74, 6) is 2.03. The fourth-order valence-electron chi connectivity index (χ4n) is 7.32. The smallest absolute Gasteiger partial charge is 0.319 e. The van der Waals surface area contributed by atoms with Crippen molar-refractivity contribution < 1.29 is 14.4 Å². The van der Waals surface area contributed by atoms with Gasteiger partial charge in [-0.1, -0.05) is 44.2 Å². The van der Waals surface area contributed by atoms with Crippen LogP contribution in [0.3, 0.4) is 0 Å². The van der Waals surface area contributed by atoms with Crippen molar-refractivity contribution in [1.29, 1.82) is 0 Å². The average molecular weight is 409 g/mol. The highest BCUT2D eigenvalue weighted by atomic mass is 16.2. The molecule has 4 bridgehead atoms. The SMILES string of the molecule is CC(C)C[C@@]1(c2ccccc2)NC(=O)N(CC(=O)C23CC4CC(CC(C4)C2)C3)C1=O. The summed E-state index contributed by atoms with van der Waals surface area (Å²) in [6.45, 7) is 4.02. The van der Waals surface area contributed by atoms with Crippen LogP contribution in [0.1, 0.15) is 64.4 Å². The Morgan fingerprint density at radius 1 is 1.03 bits per heavy atom. The molecular weight excluding hydrogens is 376 g/mol. The summed E-state index contributed by atoms with van der Waals surface area (Å²) in [5, 5.41) is 2.98. The molecule has 6 rings (SSSR count). The minimum absolute atomic E-state index is 0.0799. The predicted molar refractivity (Wildman–Crippen MR) is 113 cm³/mol. The van der Waals surface area contributed by atoms with E-state index in [1.54, 1.807) is 0 Å². The summed E-state index contributed by atoms with van der Waals surface area (Å²) in [6.07, 6.45) is 7.18. The average Bonchev–Trinajstić information content (AvgIpc) is 2.92. The van der Waals surface area contributed by atoms with Gasteiger partial charge in [-0.25, -0.2) is 4.79 Å². The van der Waals surface area contributed by atoms with Crippen molar-refractivity contribution in [2.24, 2.45) is 29.1 Å². The first-order valence-corrected chi connectivity index (χ1v) is 11.5. The molecule has 3 amide bonds. The van der Waals surface area contributed by atoms with Crippen LogP contribution in [-0.2, 0) is 15.1 Å². The second-order valence-corrected chi connectivity index (χ2v) is 10.8. The van der Waals surface area contributed by atoms with Gasteiger partial charge in [-0.3, -0.25) is 14.5 Å². The van der Waals surface area contributed by atoms with Crippen LogP contribution in [0.4, 0.5) is 4.79 Å². The van der Waals surface area contributed by atoms with E-state index < -0.39 is 11.6 Å². The molecule has 0 aromatic heterocycles. The summed E-state index contributed by atoms with van der Waals surface area (Å²) >= 11 is 0. The summed E-state index contributed by atoms with van der Waals surface area (Å²) in [6, 6.07) is 9.04. The van der Waals surface area contributed by atoms with Crippen LogP contribution in [0.25, 0.3) is 0 Å². The van der Waals surface area contributed by atoms with Gasteiger partial charge >= 0.3 is 6.03 Å². The topological polar surface area (TPSA) is 66.5 Å². The van der Waals surface area contributed by atoms with Crippen LogP contribution in [0.2, 0.25) is 0 Å². The quantitative estimate of drug-likeness (QED) is 0.715. The molecule has 1 saturated heterocycles. The fourth-order valence-corrected chi connectivity index (χ4v) is 7.32. The number of hydrogen-bond donors (Lipinski definition) is 1. The zero-order valence-electron chi connectivity index (χ0n) is 18.0. The minimum Gasteiger partial charge on any atom is -0.319 e. The van der Waals surface area contributed by atoms with Gasteiger partial charge in [0.05, 0.1) is 6.54 Å². The van der Waals surface area contributed by atoms with E-state index in [4.69, 9.17) is 0 Å². The maximum absolute atomic E-state index is 13.6. The number of imide groups is 1. The molecule has 5 aliphatic rings. The van der Waals surface area contributed by atoms with Crippen molar-refractivity contribution in [1.82, 2.24) is 10.2 Å². The van der Waals surface area contributed by atoms with Crippen LogP contribution in [0.5, 0.6) is 0 Å². The number of ketones is 1. The third-order valence-electron chi connectivity index (χ3n) is 8.09. The lowest BCUT2D eigenvalue weighted by molar-refractivity contribution is -0.147. The Bertz CT molecular complexity index is 842. The first-order valence-electron chi connectivity index (χ1n) is 11.5. The zero-order valence-corrected chi connectivity index (χ0v) is 18.0. The van der Waals surface area contributed by atoms with Gasteiger partial charge in [0, 0.05) is 5.41 Å². The van der Waals surface area contributed by atoms with E-state index >= 15 is 0 Å². The number of carbonyl (C=O) groups is 3. The summed E-state index contributed by atoms with van der Waals surface area (Å²) < 4.78 is 0. The molecule has 4 aliphatic carbocycles. The Labute approximate surface area is 178 Å². The lowest BCUT2D eigenvalue weighted by Crippen LogP contribution is -2.53. The highest BCUT2D eigenvalue weighted by Gasteiger charge is 2.57. The number of amides is 3. The van der Waals surface area contributed by atoms with Crippen molar-refractivity contribution in [2.45, 2.75) is 64.3 Å². The van der Waals surface area contributed by atoms with Crippen molar-refractivity contribution in [3.8, 4) is 0 Å². The number of Topliss-reactive ketones (excluding diaryl/α,β-unsaturated/α-hetero) is 1. The number of urea groups is 1. The maximum Gasteiger partial charge on any atom is 0.325 e. The molecular formula is C25H32N2O3. The standard InChI is InChI=1S/C25H32N2O3/c1-16(2)11-25(20-6-4-3-5-7-20)22(29)27(23(30)26-25)15-21(28)24-12-17-8-18(13-24)10-19(9-17)14-24/h3-7,16-19H,8-15H2,1-2H3,(H,26,30)/t17?,18?,19?,24?,25-/m0/s1. The largest absolute Gasteiger partial charge is 0.325 e. The minimum atomic E-state index is -1.08. The normalized spacial score (nSPS) is 37.2. The molecule has 5 nitrogen and oxygen atoms in total. The van der Waals surface area contributed by atoms with Crippen LogP contribution in [0, 0.1) is 29.1 Å². The molecule has 0 radical (unpaired) electrons. The number of hydrogen-bond acceptors (Lipinski definition) is 3. The van der Waals surface area contributed by atoms with E-state index in [0.717, 1.165) is 24.8 Å². The van der Waals surface area contributed by atoms with Gasteiger partial charge in [0.2, 0.25) is 0 Å². The van der Waals surface area contributed by atoms with Crippen molar-refractivity contribution in [2.75, 3.05) is 6.54 Å². The van der Waals surface area contributed by atoms with Gasteiger partial charge in [0.25, 0.3) is 5.91 Å². The lowest BCUT2D eigenvalue weighted by atomic mass is 9.48. The number of rotatable bonds is 6. The van der Waals surface area contributed by atoms with Crippen molar-refractivity contribution in [3.05, 3.63) is 35.9 Å². The summed E-state index contributed by atoms with van der Waals surface area (Å²) in [4.78, 5) is 41.3. The fraction of sp³-hybridized carbons (Fsp3) is 0.640. The number of benzene rings is 1. The Hall–Kier alpha value is -2.17. The molecule has 0 unspecified atom stereocenters.